The predicted octanol–water partition coefficient (Wildman–Crippen LogP) is 5.63. The van der Waals surface area contributed by atoms with Gasteiger partial charge in [-0.05, 0) is 61.0 Å². The Morgan fingerprint density at radius 2 is 1.89 bits per heavy atom. The van der Waals surface area contributed by atoms with Crippen LogP contribution in [0.15, 0.2) is 75.8 Å². The molecule has 0 amide bonds. The third kappa shape index (κ3) is 3.74. The third-order valence-corrected chi connectivity index (χ3v) is 4.19. The largest absolute Gasteiger partial charge is 0.494 e. The molecule has 5 nitrogen and oxygen atoms in total. The molecule has 5 heteroatoms. The molecular formula is C23H19NO4. The van der Waals surface area contributed by atoms with Crippen molar-refractivity contribution in [3.05, 3.63) is 84.1 Å². The van der Waals surface area contributed by atoms with Crippen LogP contribution >= 0.6 is 0 Å². The molecule has 0 bridgehead atoms. The summed E-state index contributed by atoms with van der Waals surface area (Å²) in [6.07, 6.45) is 4.13. The highest BCUT2D eigenvalue weighted by Gasteiger charge is 2.21. The lowest BCUT2D eigenvalue weighted by molar-refractivity contribution is 0.105. The molecule has 0 unspecified atom stereocenters. The average molecular weight is 373 g/mol. The molecule has 0 aliphatic heterocycles. The Morgan fingerprint density at radius 3 is 2.61 bits per heavy atom. The van der Waals surface area contributed by atoms with Crippen molar-refractivity contribution in [2.45, 2.75) is 13.3 Å². The zero-order chi connectivity index (χ0) is 19.3. The highest BCUT2D eigenvalue weighted by Crippen LogP contribution is 2.27. The maximum atomic E-state index is 13.2. The van der Waals surface area contributed by atoms with Gasteiger partial charge in [0.25, 0.3) is 0 Å². The van der Waals surface area contributed by atoms with Crippen molar-refractivity contribution in [3.8, 4) is 5.75 Å². The number of fused-ring (bicyclic) bond motifs is 1. The summed E-state index contributed by atoms with van der Waals surface area (Å²) < 4.78 is 16.8. The van der Waals surface area contributed by atoms with Gasteiger partial charge in [0.05, 0.1) is 18.4 Å². The minimum atomic E-state index is -0.204. The predicted molar refractivity (Wildman–Crippen MR) is 107 cm³/mol. The Morgan fingerprint density at radius 1 is 1.07 bits per heavy atom. The van der Waals surface area contributed by atoms with E-state index in [0.717, 1.165) is 12.2 Å². The van der Waals surface area contributed by atoms with Crippen LogP contribution in [0.4, 0.5) is 0 Å². The number of hydrogen-bond acceptors (Lipinski definition) is 5. The number of carbonyl (C=O) groups excluding carboxylic acids is 1. The van der Waals surface area contributed by atoms with E-state index in [1.165, 1.54) is 0 Å². The molecule has 2 heterocycles. The first kappa shape index (κ1) is 17.8. The normalized spacial score (nSPS) is 11.7. The molecule has 0 fully saturated rings. The van der Waals surface area contributed by atoms with Crippen molar-refractivity contribution < 1.29 is 18.4 Å². The van der Waals surface area contributed by atoms with Gasteiger partial charge in [0.15, 0.2) is 11.4 Å². The molecule has 0 saturated heterocycles. The number of carbonyl (C=O) groups is 1. The minimum Gasteiger partial charge on any atom is -0.494 e. The number of ether oxygens (including phenoxy) is 1. The first-order chi connectivity index (χ1) is 13.7. The Hall–Kier alpha value is -3.60. The molecule has 28 heavy (non-hydrogen) atoms. The lowest BCUT2D eigenvalue weighted by atomic mass is 10.0. The van der Waals surface area contributed by atoms with Crippen LogP contribution in [0.1, 0.15) is 35.4 Å². The van der Waals surface area contributed by atoms with Crippen LogP contribution in [-0.2, 0) is 0 Å². The number of furan rings is 1. The highest BCUT2D eigenvalue weighted by atomic mass is 16.5. The van der Waals surface area contributed by atoms with Gasteiger partial charge in [-0.15, -0.1) is 0 Å². The Bertz CT molecular complexity index is 1070. The van der Waals surface area contributed by atoms with Gasteiger partial charge in [0.2, 0.25) is 5.89 Å². The van der Waals surface area contributed by atoms with Crippen LogP contribution in [0.25, 0.3) is 22.7 Å². The van der Waals surface area contributed by atoms with Gasteiger partial charge in [-0.25, -0.2) is 4.98 Å². The molecule has 0 atom stereocenters. The lowest BCUT2D eigenvalue weighted by Crippen LogP contribution is -2.03. The molecule has 0 N–H and O–H groups in total. The summed E-state index contributed by atoms with van der Waals surface area (Å²) in [6.45, 7) is 2.68. The van der Waals surface area contributed by atoms with E-state index in [1.54, 1.807) is 48.7 Å². The van der Waals surface area contributed by atoms with Crippen molar-refractivity contribution >= 4 is 28.5 Å². The number of Topliss-reactive ketones (excluding diaryl/α,β-unsaturated/α-hetero) is 1. The molecule has 0 aliphatic rings. The topological polar surface area (TPSA) is 65.5 Å². The zero-order valence-electron chi connectivity index (χ0n) is 15.4. The van der Waals surface area contributed by atoms with Gasteiger partial charge in [-0.1, -0.05) is 19.1 Å². The fraction of sp³-hybridized carbons (Fsp3) is 0.130. The molecule has 0 aliphatic carbocycles. The van der Waals surface area contributed by atoms with Crippen molar-refractivity contribution in [1.82, 2.24) is 4.98 Å². The standard InChI is InChI=1S/C23H19NO4/c1-2-13-26-17-11-9-16(10-12-17)22(25)19(15-18-6-5-14-27-18)23-24-20-7-3-4-8-21(20)28-23/h3-12,14-15H,2,13H2,1H3/b19-15-. The summed E-state index contributed by atoms with van der Waals surface area (Å²) in [5, 5.41) is 0. The van der Waals surface area contributed by atoms with Gasteiger partial charge in [-0.2, -0.15) is 0 Å². The van der Waals surface area contributed by atoms with Crippen LogP contribution in [0.3, 0.4) is 0 Å². The number of aromatic nitrogens is 1. The molecule has 0 radical (unpaired) electrons. The summed E-state index contributed by atoms with van der Waals surface area (Å²) in [4.78, 5) is 17.7. The van der Waals surface area contributed by atoms with Crippen LogP contribution in [0.5, 0.6) is 5.75 Å². The quantitative estimate of drug-likeness (QED) is 0.310. The second-order valence-corrected chi connectivity index (χ2v) is 6.26. The van der Waals surface area contributed by atoms with E-state index in [9.17, 15) is 4.79 Å². The Balaban J connectivity index is 1.72. The van der Waals surface area contributed by atoms with Crippen molar-refractivity contribution in [3.63, 3.8) is 0 Å². The number of ketones is 1. The Labute approximate surface area is 162 Å². The molecular weight excluding hydrogens is 354 g/mol. The average Bonchev–Trinajstić information content (AvgIpc) is 3.39. The second kappa shape index (κ2) is 7.96. The van der Waals surface area contributed by atoms with Crippen LogP contribution in [-0.4, -0.2) is 17.4 Å². The van der Waals surface area contributed by atoms with Crippen LogP contribution in [0.2, 0.25) is 0 Å². The summed E-state index contributed by atoms with van der Waals surface area (Å²) in [6, 6.07) is 18.0. The monoisotopic (exact) mass is 373 g/mol. The lowest BCUT2D eigenvalue weighted by Gasteiger charge is -2.06. The molecule has 2 aromatic heterocycles. The second-order valence-electron chi connectivity index (χ2n) is 6.26. The highest BCUT2D eigenvalue weighted by molar-refractivity contribution is 6.31. The van der Waals surface area contributed by atoms with Gasteiger partial charge in [0, 0.05) is 5.56 Å². The molecule has 4 rings (SSSR count). The van der Waals surface area contributed by atoms with E-state index < -0.39 is 0 Å². The van der Waals surface area contributed by atoms with Crippen molar-refractivity contribution in [2.24, 2.45) is 0 Å². The van der Waals surface area contributed by atoms with E-state index in [1.807, 2.05) is 31.2 Å². The Kier molecular flexibility index (Phi) is 5.06. The van der Waals surface area contributed by atoms with E-state index in [0.29, 0.717) is 34.6 Å². The fourth-order valence-electron chi connectivity index (χ4n) is 2.81. The number of benzene rings is 2. The smallest absolute Gasteiger partial charge is 0.231 e. The first-order valence-corrected chi connectivity index (χ1v) is 9.13. The van der Waals surface area contributed by atoms with Crippen LogP contribution in [0, 0.1) is 0 Å². The van der Waals surface area contributed by atoms with E-state index >= 15 is 0 Å². The fourth-order valence-corrected chi connectivity index (χ4v) is 2.81. The summed E-state index contributed by atoms with van der Waals surface area (Å²) in [5.41, 5.74) is 2.16. The number of nitrogens with zero attached hydrogens (tertiary/aromatic N) is 1. The van der Waals surface area contributed by atoms with Gasteiger partial charge < -0.3 is 13.6 Å². The maximum Gasteiger partial charge on any atom is 0.231 e. The maximum absolute atomic E-state index is 13.2. The molecule has 2 aromatic carbocycles. The van der Waals surface area contributed by atoms with Gasteiger partial charge in [-0.3, -0.25) is 4.79 Å². The summed E-state index contributed by atoms with van der Waals surface area (Å²) in [7, 11) is 0. The van der Waals surface area contributed by atoms with Gasteiger partial charge in [0.1, 0.15) is 17.0 Å². The van der Waals surface area contributed by atoms with E-state index in [4.69, 9.17) is 13.6 Å². The number of rotatable bonds is 7. The molecule has 140 valence electrons. The zero-order valence-corrected chi connectivity index (χ0v) is 15.4. The van der Waals surface area contributed by atoms with Crippen molar-refractivity contribution in [2.75, 3.05) is 6.61 Å². The van der Waals surface area contributed by atoms with E-state index in [-0.39, 0.29) is 11.7 Å². The molecule has 0 spiro atoms. The summed E-state index contributed by atoms with van der Waals surface area (Å²) in [5.74, 6) is 1.34. The molecule has 0 saturated carbocycles. The SMILES string of the molecule is CCCOc1ccc(C(=O)/C(=C/c2ccco2)c2nc3ccccc3o2)cc1. The number of oxazole rings is 1. The van der Waals surface area contributed by atoms with Crippen molar-refractivity contribution in [1.29, 1.82) is 0 Å². The minimum absolute atomic E-state index is 0.204. The number of para-hydroxylation sites is 2. The summed E-state index contributed by atoms with van der Waals surface area (Å²) >= 11 is 0. The van der Waals surface area contributed by atoms with Crippen LogP contribution < -0.4 is 4.74 Å². The van der Waals surface area contributed by atoms with Gasteiger partial charge >= 0.3 is 0 Å². The third-order valence-electron chi connectivity index (χ3n) is 4.19. The van der Waals surface area contributed by atoms with E-state index in [2.05, 4.69) is 4.98 Å². The molecule has 4 aromatic rings. The first-order valence-electron chi connectivity index (χ1n) is 9.13. The number of hydrogen-bond donors (Lipinski definition) is 0. The number of allylic oxidation sites excluding steroid dienone is 1.